The maximum Gasteiger partial charge on any atom is 0.415 e. The highest BCUT2D eigenvalue weighted by molar-refractivity contribution is 5.89. The Labute approximate surface area is 152 Å². The Morgan fingerprint density at radius 1 is 1.23 bits per heavy atom. The minimum atomic E-state index is -0.389. The van der Waals surface area contributed by atoms with Crippen LogP contribution in [0.15, 0.2) is 16.8 Å². The molecule has 1 aliphatic rings. The molecule has 1 fully saturated rings. The molecule has 0 bridgehead atoms. The van der Waals surface area contributed by atoms with Crippen molar-refractivity contribution in [1.82, 2.24) is 20.1 Å². The van der Waals surface area contributed by atoms with E-state index in [9.17, 15) is 4.79 Å². The summed E-state index contributed by atoms with van der Waals surface area (Å²) >= 11 is 0. The lowest BCUT2D eigenvalue weighted by Gasteiger charge is -2.23. The van der Waals surface area contributed by atoms with Gasteiger partial charge in [0.25, 0.3) is 0 Å². The first-order chi connectivity index (χ1) is 12.4. The average Bonchev–Trinajstić information content (AvgIpc) is 3.22. The number of nitrogens with one attached hydrogen (secondary N) is 1. The standard InChI is InChI=1S/C17H24N6O3/c1-9(2)12-8-25-17(24)23(12)13-6-7-18-16(20-13)19-11(5)15-21-14(10(3)4)22-26-15/h6-7,9-12H,8H2,1-5H3,(H,18,19,20)/t11-,12-/m1/s1. The van der Waals surface area contributed by atoms with Gasteiger partial charge in [-0.1, -0.05) is 32.9 Å². The van der Waals surface area contributed by atoms with Gasteiger partial charge in [-0.25, -0.2) is 9.78 Å². The van der Waals surface area contributed by atoms with Crippen molar-refractivity contribution in [3.63, 3.8) is 0 Å². The Morgan fingerprint density at radius 3 is 2.65 bits per heavy atom. The van der Waals surface area contributed by atoms with Gasteiger partial charge < -0.3 is 14.6 Å². The van der Waals surface area contributed by atoms with Crippen LogP contribution < -0.4 is 10.2 Å². The van der Waals surface area contributed by atoms with E-state index in [1.807, 2.05) is 34.6 Å². The molecule has 2 aromatic rings. The minimum Gasteiger partial charge on any atom is -0.447 e. The van der Waals surface area contributed by atoms with Crippen LogP contribution >= 0.6 is 0 Å². The van der Waals surface area contributed by atoms with Crippen molar-refractivity contribution < 1.29 is 14.1 Å². The maximum atomic E-state index is 12.1. The summed E-state index contributed by atoms with van der Waals surface area (Å²) in [5.74, 6) is 2.44. The van der Waals surface area contributed by atoms with Crippen LogP contribution in [0.25, 0.3) is 0 Å². The zero-order valence-corrected chi connectivity index (χ0v) is 15.6. The highest BCUT2D eigenvalue weighted by atomic mass is 16.6. The van der Waals surface area contributed by atoms with Crippen LogP contribution in [0.4, 0.5) is 16.6 Å². The van der Waals surface area contributed by atoms with Gasteiger partial charge in [0.15, 0.2) is 5.82 Å². The van der Waals surface area contributed by atoms with E-state index in [2.05, 4.69) is 25.4 Å². The molecule has 0 spiro atoms. The first-order valence-corrected chi connectivity index (χ1v) is 8.76. The molecule has 1 aliphatic heterocycles. The smallest absolute Gasteiger partial charge is 0.415 e. The molecule has 9 nitrogen and oxygen atoms in total. The molecule has 140 valence electrons. The van der Waals surface area contributed by atoms with Gasteiger partial charge in [0.2, 0.25) is 11.8 Å². The fourth-order valence-electron chi connectivity index (χ4n) is 2.66. The lowest BCUT2D eigenvalue weighted by Crippen LogP contribution is -2.37. The summed E-state index contributed by atoms with van der Waals surface area (Å²) in [6.07, 6.45) is 1.22. The molecule has 0 aromatic carbocycles. The van der Waals surface area contributed by atoms with E-state index in [0.717, 1.165) is 0 Å². The van der Waals surface area contributed by atoms with Gasteiger partial charge in [0.05, 0.1) is 6.04 Å². The van der Waals surface area contributed by atoms with E-state index in [-0.39, 0.29) is 30.0 Å². The van der Waals surface area contributed by atoms with Crippen LogP contribution in [0.2, 0.25) is 0 Å². The van der Waals surface area contributed by atoms with Gasteiger partial charge in [-0.15, -0.1) is 0 Å². The Kier molecular flexibility index (Phi) is 5.06. The minimum absolute atomic E-state index is 0.0489. The van der Waals surface area contributed by atoms with E-state index < -0.39 is 0 Å². The number of ether oxygens (including phenoxy) is 1. The molecule has 9 heteroatoms. The van der Waals surface area contributed by atoms with Crippen molar-refractivity contribution in [2.45, 2.75) is 52.6 Å². The highest BCUT2D eigenvalue weighted by Crippen LogP contribution is 2.26. The van der Waals surface area contributed by atoms with Gasteiger partial charge in [-0.2, -0.15) is 9.97 Å². The Hall–Kier alpha value is -2.71. The Balaban J connectivity index is 1.77. The van der Waals surface area contributed by atoms with E-state index >= 15 is 0 Å². The molecule has 3 rings (SSSR count). The highest BCUT2D eigenvalue weighted by Gasteiger charge is 2.37. The predicted molar refractivity (Wildman–Crippen MR) is 94.9 cm³/mol. The summed E-state index contributed by atoms with van der Waals surface area (Å²) < 4.78 is 10.5. The van der Waals surface area contributed by atoms with Crippen LogP contribution in [0.3, 0.4) is 0 Å². The molecule has 2 aromatic heterocycles. The third-order valence-electron chi connectivity index (χ3n) is 4.25. The molecule has 0 radical (unpaired) electrons. The summed E-state index contributed by atoms with van der Waals surface area (Å²) in [5.41, 5.74) is 0. The number of rotatable bonds is 6. The maximum absolute atomic E-state index is 12.1. The summed E-state index contributed by atoms with van der Waals surface area (Å²) in [6.45, 7) is 10.3. The second kappa shape index (κ2) is 7.27. The largest absolute Gasteiger partial charge is 0.447 e. The van der Waals surface area contributed by atoms with Crippen LogP contribution in [0, 0.1) is 5.92 Å². The summed E-state index contributed by atoms with van der Waals surface area (Å²) in [5, 5.41) is 7.10. The fourth-order valence-corrected chi connectivity index (χ4v) is 2.66. The Morgan fingerprint density at radius 2 is 2.00 bits per heavy atom. The number of hydrogen-bond acceptors (Lipinski definition) is 8. The monoisotopic (exact) mass is 360 g/mol. The van der Waals surface area contributed by atoms with Crippen LogP contribution in [0.5, 0.6) is 0 Å². The fraction of sp³-hybridized carbons (Fsp3) is 0.588. The average molecular weight is 360 g/mol. The molecule has 0 saturated carbocycles. The third kappa shape index (κ3) is 3.61. The predicted octanol–water partition coefficient (Wildman–Crippen LogP) is 3.14. The molecule has 1 N–H and O–H groups in total. The van der Waals surface area contributed by atoms with Gasteiger partial charge in [0, 0.05) is 12.1 Å². The second-order valence-electron chi connectivity index (χ2n) is 7.01. The lowest BCUT2D eigenvalue weighted by molar-refractivity contribution is 0.177. The number of amides is 1. The molecule has 0 unspecified atom stereocenters. The molecule has 0 aliphatic carbocycles. The van der Waals surface area contributed by atoms with Gasteiger partial charge in [0.1, 0.15) is 18.5 Å². The van der Waals surface area contributed by atoms with Gasteiger partial charge in [-0.3, -0.25) is 4.90 Å². The zero-order chi connectivity index (χ0) is 18.8. The van der Waals surface area contributed by atoms with E-state index in [1.54, 1.807) is 17.2 Å². The number of carbonyl (C=O) groups is 1. The molecule has 1 saturated heterocycles. The van der Waals surface area contributed by atoms with Crippen molar-refractivity contribution in [2.24, 2.45) is 5.92 Å². The first kappa shape index (κ1) is 18.1. The van der Waals surface area contributed by atoms with Crippen LogP contribution in [0.1, 0.15) is 58.3 Å². The zero-order valence-electron chi connectivity index (χ0n) is 15.6. The molecule has 3 heterocycles. The van der Waals surface area contributed by atoms with E-state index in [0.29, 0.717) is 30.1 Å². The van der Waals surface area contributed by atoms with Gasteiger partial charge >= 0.3 is 6.09 Å². The number of hydrogen-bond donors (Lipinski definition) is 1. The molecular weight excluding hydrogens is 336 g/mol. The van der Waals surface area contributed by atoms with Gasteiger partial charge in [-0.05, 0) is 18.9 Å². The summed E-state index contributed by atoms with van der Waals surface area (Å²) in [6, 6.07) is 1.38. The van der Waals surface area contributed by atoms with Crippen molar-refractivity contribution in [1.29, 1.82) is 0 Å². The number of cyclic esters (lactones) is 1. The topological polar surface area (TPSA) is 106 Å². The van der Waals surface area contributed by atoms with E-state index in [4.69, 9.17) is 9.26 Å². The number of aromatic nitrogens is 4. The summed E-state index contributed by atoms with van der Waals surface area (Å²) in [4.78, 5) is 26.7. The number of carbonyl (C=O) groups excluding carboxylic acids is 1. The normalized spacial score (nSPS) is 18.5. The third-order valence-corrected chi connectivity index (χ3v) is 4.25. The molecule has 1 amide bonds. The van der Waals surface area contributed by atoms with Crippen molar-refractivity contribution in [2.75, 3.05) is 16.8 Å². The quantitative estimate of drug-likeness (QED) is 0.837. The number of anilines is 2. The molecular formula is C17H24N6O3. The summed E-state index contributed by atoms with van der Waals surface area (Å²) in [7, 11) is 0. The molecule has 2 atom stereocenters. The van der Waals surface area contributed by atoms with Crippen molar-refractivity contribution in [3.8, 4) is 0 Å². The van der Waals surface area contributed by atoms with Crippen LogP contribution in [-0.4, -0.2) is 38.9 Å². The Bertz CT molecular complexity index is 775. The van der Waals surface area contributed by atoms with Crippen molar-refractivity contribution in [3.05, 3.63) is 24.0 Å². The second-order valence-corrected chi connectivity index (χ2v) is 7.01. The first-order valence-electron chi connectivity index (χ1n) is 8.76. The number of nitrogens with zero attached hydrogens (tertiary/aromatic N) is 5. The lowest BCUT2D eigenvalue weighted by atomic mass is 10.0. The van der Waals surface area contributed by atoms with Crippen LogP contribution in [-0.2, 0) is 4.74 Å². The molecule has 26 heavy (non-hydrogen) atoms. The van der Waals surface area contributed by atoms with E-state index in [1.165, 1.54) is 0 Å². The van der Waals surface area contributed by atoms with Crippen molar-refractivity contribution >= 4 is 17.9 Å². The SMILES string of the molecule is CC(C)c1noc([C@@H](C)Nc2nccc(N3C(=O)OC[C@@H]3C(C)C)n2)n1.